The van der Waals surface area contributed by atoms with Gasteiger partial charge in [-0.05, 0) is 45.6 Å². The molecular weight excluding hydrogens is 354 g/mol. The summed E-state index contributed by atoms with van der Waals surface area (Å²) in [4.78, 5) is 36.7. The first kappa shape index (κ1) is 23.3. The number of carboxylic acid groups (broad SMARTS) is 1. The summed E-state index contributed by atoms with van der Waals surface area (Å²) in [6.07, 6.45) is 1.59. The van der Waals surface area contributed by atoms with Crippen LogP contribution in [0, 0.1) is 0 Å². The predicted octanol–water partition coefficient (Wildman–Crippen LogP) is -0.542. The van der Waals surface area contributed by atoms with Gasteiger partial charge in [-0.3, -0.25) is 19.3 Å². The Labute approximate surface area is 160 Å². The lowest BCUT2D eigenvalue weighted by atomic mass is 10.0. The predicted molar refractivity (Wildman–Crippen MR) is 99.0 cm³/mol. The number of carboxylic acids is 1. The summed E-state index contributed by atoms with van der Waals surface area (Å²) in [6, 6.07) is -1.40. The molecule has 9 heteroatoms. The van der Waals surface area contributed by atoms with E-state index < -0.39 is 30.3 Å². The van der Waals surface area contributed by atoms with Gasteiger partial charge < -0.3 is 26.0 Å². The van der Waals surface area contributed by atoms with Crippen LogP contribution in [0.1, 0.15) is 52.4 Å². The van der Waals surface area contributed by atoms with E-state index in [9.17, 15) is 24.6 Å². The number of aliphatic carboxylic acids is 1. The molecular formula is C18H33N3O6. The zero-order chi connectivity index (χ0) is 20.4. The van der Waals surface area contributed by atoms with Gasteiger partial charge in [0.1, 0.15) is 12.1 Å². The van der Waals surface area contributed by atoms with E-state index in [4.69, 9.17) is 5.11 Å². The van der Waals surface area contributed by atoms with Crippen LogP contribution in [0.3, 0.4) is 0 Å². The maximum absolute atomic E-state index is 12.1. The van der Waals surface area contributed by atoms with E-state index >= 15 is 0 Å². The van der Waals surface area contributed by atoms with Crippen LogP contribution in [-0.4, -0.2) is 81.9 Å². The average molecular weight is 387 g/mol. The van der Waals surface area contributed by atoms with Gasteiger partial charge in [-0.2, -0.15) is 0 Å². The lowest BCUT2D eigenvalue weighted by Crippen LogP contribution is -2.61. The number of hydrogen-bond acceptors (Lipinski definition) is 6. The molecule has 1 rings (SSSR count). The minimum absolute atomic E-state index is 0.0771. The lowest BCUT2D eigenvalue weighted by molar-refractivity contribution is -0.140. The average Bonchev–Trinajstić information content (AvgIpc) is 2.58. The molecule has 0 aliphatic carbocycles. The molecule has 1 aliphatic heterocycles. The number of carbonyl (C=O) groups excluding carboxylic acids is 2. The van der Waals surface area contributed by atoms with E-state index in [0.717, 1.165) is 6.42 Å². The highest BCUT2D eigenvalue weighted by Gasteiger charge is 2.33. The molecule has 2 amide bonds. The molecule has 1 fully saturated rings. The summed E-state index contributed by atoms with van der Waals surface area (Å²) < 4.78 is 0. The van der Waals surface area contributed by atoms with E-state index in [0.29, 0.717) is 38.9 Å². The zero-order valence-corrected chi connectivity index (χ0v) is 16.2. The van der Waals surface area contributed by atoms with Gasteiger partial charge in [0, 0.05) is 19.5 Å². The summed E-state index contributed by atoms with van der Waals surface area (Å²) in [5.74, 6) is -1.64. The second-order valence-corrected chi connectivity index (χ2v) is 7.22. The number of hydrogen-bond donors (Lipinski definition) is 5. The van der Waals surface area contributed by atoms with Gasteiger partial charge in [-0.1, -0.05) is 6.92 Å². The highest BCUT2D eigenvalue weighted by Crippen LogP contribution is 2.10. The van der Waals surface area contributed by atoms with Crippen LogP contribution in [-0.2, 0) is 14.4 Å². The van der Waals surface area contributed by atoms with E-state index in [1.807, 2.05) is 11.8 Å². The Morgan fingerprint density at radius 1 is 1.07 bits per heavy atom. The molecule has 5 N–H and O–H groups in total. The smallest absolute Gasteiger partial charge is 0.303 e. The fraction of sp³-hybridized carbons (Fsp3) is 0.833. The third-order valence-electron chi connectivity index (χ3n) is 4.59. The van der Waals surface area contributed by atoms with Gasteiger partial charge in [-0.15, -0.1) is 0 Å². The number of aliphatic hydroxyl groups is 2. The lowest BCUT2D eigenvalue weighted by Gasteiger charge is -2.30. The molecule has 0 radical (unpaired) electrons. The molecule has 0 aromatic rings. The number of amides is 2. The number of nitrogens with zero attached hydrogens (tertiary/aromatic N) is 1. The first-order valence-corrected chi connectivity index (χ1v) is 9.64. The quantitative estimate of drug-likeness (QED) is 0.267. The molecule has 0 saturated carbocycles. The van der Waals surface area contributed by atoms with Crippen LogP contribution in [0.4, 0.5) is 0 Å². The van der Waals surface area contributed by atoms with Crippen molar-refractivity contribution in [1.82, 2.24) is 15.5 Å². The van der Waals surface area contributed by atoms with Crippen LogP contribution in [0.5, 0.6) is 0 Å². The number of carbonyl (C=O) groups is 3. The van der Waals surface area contributed by atoms with E-state index in [1.54, 1.807) is 6.92 Å². The highest BCUT2D eigenvalue weighted by molar-refractivity contribution is 5.97. The Balaban J connectivity index is 2.37. The van der Waals surface area contributed by atoms with Crippen molar-refractivity contribution in [1.29, 1.82) is 0 Å². The number of unbranched alkanes of at least 4 members (excludes halogenated alkanes) is 1. The molecule has 0 aromatic carbocycles. The van der Waals surface area contributed by atoms with Crippen LogP contribution in [0.25, 0.3) is 0 Å². The van der Waals surface area contributed by atoms with Crippen molar-refractivity contribution in [2.24, 2.45) is 0 Å². The van der Waals surface area contributed by atoms with Crippen molar-refractivity contribution in [3.63, 3.8) is 0 Å². The third kappa shape index (κ3) is 9.16. The molecule has 0 aromatic heterocycles. The summed E-state index contributed by atoms with van der Waals surface area (Å²) in [7, 11) is 0. The van der Waals surface area contributed by atoms with Crippen LogP contribution in [0.2, 0.25) is 0 Å². The Bertz CT molecular complexity index is 499. The summed E-state index contributed by atoms with van der Waals surface area (Å²) in [5, 5.41) is 33.3. The minimum Gasteiger partial charge on any atom is -0.481 e. The van der Waals surface area contributed by atoms with Gasteiger partial charge in [0.15, 0.2) is 0 Å². The topological polar surface area (TPSA) is 139 Å². The molecule has 1 aliphatic rings. The van der Waals surface area contributed by atoms with Crippen LogP contribution >= 0.6 is 0 Å². The van der Waals surface area contributed by atoms with E-state index in [1.165, 1.54) is 0 Å². The fourth-order valence-electron chi connectivity index (χ4n) is 3.09. The standard InChI is InChI=1S/C18H33N3O6/c1-3-13(23)11-21(10-12(2)22)9-5-4-6-14-17(26)20-15(18(27)19-14)7-8-16(24)25/h12-15,22-23H,3-11H2,1-2H3,(H,19,27)(H,20,26)(H,24,25). The van der Waals surface area contributed by atoms with Crippen molar-refractivity contribution in [3.05, 3.63) is 0 Å². The SMILES string of the molecule is CCC(O)CN(CCCCC1NC(=O)C(CCC(=O)O)NC1=O)CC(C)O. The van der Waals surface area contributed by atoms with Crippen molar-refractivity contribution in [2.45, 2.75) is 76.7 Å². The van der Waals surface area contributed by atoms with E-state index in [-0.39, 0.29) is 24.7 Å². The molecule has 0 bridgehead atoms. The monoisotopic (exact) mass is 387 g/mol. The van der Waals surface area contributed by atoms with Gasteiger partial charge in [0.2, 0.25) is 11.8 Å². The molecule has 27 heavy (non-hydrogen) atoms. The van der Waals surface area contributed by atoms with Gasteiger partial charge in [-0.25, -0.2) is 0 Å². The maximum atomic E-state index is 12.1. The normalized spacial score (nSPS) is 22.3. The van der Waals surface area contributed by atoms with Gasteiger partial charge in [0.05, 0.1) is 12.2 Å². The Morgan fingerprint density at radius 2 is 1.67 bits per heavy atom. The van der Waals surface area contributed by atoms with Crippen molar-refractivity contribution in [2.75, 3.05) is 19.6 Å². The molecule has 1 saturated heterocycles. The maximum Gasteiger partial charge on any atom is 0.303 e. The van der Waals surface area contributed by atoms with Crippen molar-refractivity contribution < 1.29 is 29.7 Å². The molecule has 9 nitrogen and oxygen atoms in total. The largest absolute Gasteiger partial charge is 0.481 e. The van der Waals surface area contributed by atoms with Crippen molar-refractivity contribution >= 4 is 17.8 Å². The Kier molecular flexibility index (Phi) is 10.3. The minimum atomic E-state index is -1.01. The first-order valence-electron chi connectivity index (χ1n) is 9.64. The summed E-state index contributed by atoms with van der Waals surface area (Å²) >= 11 is 0. The zero-order valence-electron chi connectivity index (χ0n) is 16.2. The molecule has 4 unspecified atom stereocenters. The molecule has 4 atom stereocenters. The highest BCUT2D eigenvalue weighted by atomic mass is 16.4. The summed E-state index contributed by atoms with van der Waals surface area (Å²) in [6.45, 7) is 5.26. The first-order chi connectivity index (χ1) is 12.7. The number of aliphatic hydroxyl groups excluding tert-OH is 2. The number of nitrogens with one attached hydrogen (secondary N) is 2. The number of piperazine rings is 1. The van der Waals surface area contributed by atoms with E-state index in [2.05, 4.69) is 10.6 Å². The van der Waals surface area contributed by atoms with Gasteiger partial charge >= 0.3 is 5.97 Å². The second-order valence-electron chi connectivity index (χ2n) is 7.22. The van der Waals surface area contributed by atoms with Crippen LogP contribution in [0.15, 0.2) is 0 Å². The Hall–Kier alpha value is -1.71. The van der Waals surface area contributed by atoms with Gasteiger partial charge in [0.25, 0.3) is 0 Å². The summed E-state index contributed by atoms with van der Waals surface area (Å²) in [5.41, 5.74) is 0. The van der Waals surface area contributed by atoms with Crippen LogP contribution < -0.4 is 10.6 Å². The molecule has 1 heterocycles. The van der Waals surface area contributed by atoms with Crippen molar-refractivity contribution in [3.8, 4) is 0 Å². The fourth-order valence-corrected chi connectivity index (χ4v) is 3.09. The number of rotatable bonds is 13. The Morgan fingerprint density at radius 3 is 2.19 bits per heavy atom. The third-order valence-corrected chi connectivity index (χ3v) is 4.59. The molecule has 0 spiro atoms. The molecule has 156 valence electrons. The second kappa shape index (κ2) is 11.9.